The van der Waals surface area contributed by atoms with Gasteiger partial charge in [-0.25, -0.2) is 4.39 Å². The maximum atomic E-state index is 13.5. The summed E-state index contributed by atoms with van der Waals surface area (Å²) in [5.74, 6) is 0.426. The summed E-state index contributed by atoms with van der Waals surface area (Å²) in [6, 6.07) is 6.11. The molecule has 1 heterocycles. The Kier molecular flexibility index (Phi) is 5.03. The first-order valence-corrected chi connectivity index (χ1v) is 7.80. The summed E-state index contributed by atoms with van der Waals surface area (Å²) >= 11 is 0. The second-order valence-corrected chi connectivity index (χ2v) is 6.07. The topological polar surface area (TPSA) is 15.3 Å². The fourth-order valence-electron chi connectivity index (χ4n) is 3.21. The third-order valence-corrected chi connectivity index (χ3v) is 4.71. The smallest absolute Gasteiger partial charge is 0.125 e. The van der Waals surface area contributed by atoms with Crippen molar-refractivity contribution in [3.63, 3.8) is 0 Å². The highest BCUT2D eigenvalue weighted by molar-refractivity contribution is 5.54. The van der Waals surface area contributed by atoms with Gasteiger partial charge in [0.25, 0.3) is 0 Å². The molecule has 3 heteroatoms. The minimum Gasteiger partial charge on any atom is -0.368 e. The van der Waals surface area contributed by atoms with Gasteiger partial charge in [0, 0.05) is 24.3 Å². The first kappa shape index (κ1) is 15.3. The van der Waals surface area contributed by atoms with Crippen molar-refractivity contribution in [2.75, 3.05) is 18.0 Å². The Morgan fingerprint density at radius 1 is 1.35 bits per heavy atom. The normalized spacial score (nSPS) is 26.9. The zero-order valence-corrected chi connectivity index (χ0v) is 13.1. The maximum absolute atomic E-state index is 13.5. The number of hydrogen-bond donors (Lipinski definition) is 1. The zero-order valence-electron chi connectivity index (χ0n) is 13.1. The summed E-state index contributed by atoms with van der Waals surface area (Å²) in [5.41, 5.74) is 2.21. The van der Waals surface area contributed by atoms with Crippen LogP contribution in [0, 0.1) is 18.7 Å². The van der Waals surface area contributed by atoms with Crippen molar-refractivity contribution in [3.8, 4) is 0 Å². The highest BCUT2D eigenvalue weighted by Gasteiger charge is 2.32. The van der Waals surface area contributed by atoms with Gasteiger partial charge in [-0.05, 0) is 56.8 Å². The number of nitrogens with zero attached hydrogens (tertiary/aromatic N) is 1. The number of piperidine rings is 1. The highest BCUT2D eigenvalue weighted by Crippen LogP contribution is 2.31. The molecule has 3 atom stereocenters. The molecule has 112 valence electrons. The molecule has 1 saturated heterocycles. The zero-order chi connectivity index (χ0) is 14.7. The van der Waals surface area contributed by atoms with Crippen molar-refractivity contribution < 1.29 is 4.39 Å². The number of nitrogens with one attached hydrogen (secondary N) is 1. The molecular formula is C17H27FN2. The van der Waals surface area contributed by atoms with Crippen LogP contribution >= 0.6 is 0 Å². The third-order valence-electron chi connectivity index (χ3n) is 4.71. The van der Waals surface area contributed by atoms with Crippen LogP contribution in [0.5, 0.6) is 0 Å². The van der Waals surface area contributed by atoms with Crippen molar-refractivity contribution in [1.29, 1.82) is 0 Å². The van der Waals surface area contributed by atoms with Gasteiger partial charge >= 0.3 is 0 Å². The van der Waals surface area contributed by atoms with E-state index in [0.29, 0.717) is 18.0 Å². The Hall–Kier alpha value is -1.09. The van der Waals surface area contributed by atoms with Gasteiger partial charge < -0.3 is 10.2 Å². The number of aryl methyl sites for hydroxylation is 1. The quantitative estimate of drug-likeness (QED) is 0.902. The molecule has 1 aromatic rings. The van der Waals surface area contributed by atoms with E-state index in [2.05, 4.69) is 37.9 Å². The van der Waals surface area contributed by atoms with Crippen LogP contribution in [-0.2, 0) is 0 Å². The molecule has 20 heavy (non-hydrogen) atoms. The van der Waals surface area contributed by atoms with Crippen molar-refractivity contribution in [2.24, 2.45) is 5.92 Å². The molecule has 1 fully saturated rings. The summed E-state index contributed by atoms with van der Waals surface area (Å²) in [6.07, 6.45) is 2.30. The maximum Gasteiger partial charge on any atom is 0.125 e. The molecule has 2 rings (SSSR count). The Labute approximate surface area is 122 Å². The monoisotopic (exact) mass is 278 g/mol. The second kappa shape index (κ2) is 6.57. The van der Waals surface area contributed by atoms with E-state index in [-0.39, 0.29) is 5.82 Å². The SMILES string of the molecule is CCCNC1CCN(c2cc(F)ccc2C)C(C)C1C. The average Bonchev–Trinajstić information content (AvgIpc) is 2.43. The van der Waals surface area contributed by atoms with E-state index in [4.69, 9.17) is 0 Å². The number of benzene rings is 1. The number of halogens is 1. The first-order valence-electron chi connectivity index (χ1n) is 7.80. The molecule has 2 nitrogen and oxygen atoms in total. The number of hydrogen-bond acceptors (Lipinski definition) is 2. The highest BCUT2D eigenvalue weighted by atomic mass is 19.1. The van der Waals surface area contributed by atoms with Gasteiger partial charge in [0.05, 0.1) is 0 Å². The van der Waals surface area contributed by atoms with Crippen LogP contribution in [0.4, 0.5) is 10.1 Å². The minimum atomic E-state index is -0.142. The lowest BCUT2D eigenvalue weighted by molar-refractivity contribution is 0.271. The molecule has 0 aromatic heterocycles. The fraction of sp³-hybridized carbons (Fsp3) is 0.647. The molecule has 1 N–H and O–H groups in total. The van der Waals surface area contributed by atoms with Crippen molar-refractivity contribution in [1.82, 2.24) is 5.32 Å². The van der Waals surface area contributed by atoms with E-state index in [0.717, 1.165) is 30.8 Å². The number of rotatable bonds is 4. The standard InChI is InChI=1S/C17H27FN2/c1-5-9-19-16-8-10-20(14(4)13(16)3)17-11-15(18)7-6-12(17)2/h6-7,11,13-14,16,19H,5,8-10H2,1-4H3. The molecule has 0 bridgehead atoms. The fourth-order valence-corrected chi connectivity index (χ4v) is 3.21. The lowest BCUT2D eigenvalue weighted by atomic mass is 9.86. The molecule has 0 saturated carbocycles. The second-order valence-electron chi connectivity index (χ2n) is 6.07. The average molecular weight is 278 g/mol. The van der Waals surface area contributed by atoms with E-state index < -0.39 is 0 Å². The molecule has 0 spiro atoms. The van der Waals surface area contributed by atoms with Crippen LogP contribution in [-0.4, -0.2) is 25.2 Å². The predicted molar refractivity (Wildman–Crippen MR) is 83.8 cm³/mol. The molecule has 1 aliphatic rings. The predicted octanol–water partition coefficient (Wildman–Crippen LogP) is 3.74. The Balaban J connectivity index is 2.13. The molecule has 0 amide bonds. The first-order chi connectivity index (χ1) is 9.54. The summed E-state index contributed by atoms with van der Waals surface area (Å²) in [5, 5.41) is 3.65. The Morgan fingerprint density at radius 2 is 2.10 bits per heavy atom. The van der Waals surface area contributed by atoms with Crippen LogP contribution in [0.25, 0.3) is 0 Å². The van der Waals surface area contributed by atoms with Crippen LogP contribution in [0.3, 0.4) is 0 Å². The molecule has 0 radical (unpaired) electrons. The van der Waals surface area contributed by atoms with Gasteiger partial charge in [-0.3, -0.25) is 0 Å². The van der Waals surface area contributed by atoms with E-state index >= 15 is 0 Å². The molecular weight excluding hydrogens is 251 g/mol. The van der Waals surface area contributed by atoms with Crippen molar-refractivity contribution >= 4 is 5.69 Å². The van der Waals surface area contributed by atoms with Gasteiger partial charge in [-0.2, -0.15) is 0 Å². The molecule has 3 unspecified atom stereocenters. The lowest BCUT2D eigenvalue weighted by Gasteiger charge is -2.45. The minimum absolute atomic E-state index is 0.142. The third kappa shape index (κ3) is 3.14. The van der Waals surface area contributed by atoms with Crippen LogP contribution in [0.2, 0.25) is 0 Å². The van der Waals surface area contributed by atoms with Crippen LogP contribution < -0.4 is 10.2 Å². The summed E-state index contributed by atoms with van der Waals surface area (Å²) in [7, 11) is 0. The lowest BCUT2D eigenvalue weighted by Crippen LogP contribution is -2.53. The van der Waals surface area contributed by atoms with Crippen LogP contribution in [0.1, 0.15) is 39.2 Å². The van der Waals surface area contributed by atoms with Crippen molar-refractivity contribution in [2.45, 2.75) is 52.6 Å². The molecule has 0 aliphatic carbocycles. The molecule has 1 aliphatic heterocycles. The van der Waals surface area contributed by atoms with E-state index in [1.807, 2.05) is 6.07 Å². The summed E-state index contributed by atoms with van der Waals surface area (Å²) in [6.45, 7) is 10.9. The van der Waals surface area contributed by atoms with Gasteiger partial charge in [0.15, 0.2) is 0 Å². The van der Waals surface area contributed by atoms with Gasteiger partial charge in [0.1, 0.15) is 5.82 Å². The number of anilines is 1. The van der Waals surface area contributed by atoms with Gasteiger partial charge in [0.2, 0.25) is 0 Å². The van der Waals surface area contributed by atoms with E-state index in [1.165, 1.54) is 6.42 Å². The summed E-state index contributed by atoms with van der Waals surface area (Å²) in [4.78, 5) is 2.37. The van der Waals surface area contributed by atoms with Crippen LogP contribution in [0.15, 0.2) is 18.2 Å². The van der Waals surface area contributed by atoms with Gasteiger partial charge in [-0.1, -0.05) is 19.9 Å². The van der Waals surface area contributed by atoms with Crippen molar-refractivity contribution in [3.05, 3.63) is 29.6 Å². The molecule has 1 aromatic carbocycles. The summed E-state index contributed by atoms with van der Waals surface area (Å²) < 4.78 is 13.5. The largest absolute Gasteiger partial charge is 0.368 e. The Morgan fingerprint density at radius 3 is 2.80 bits per heavy atom. The van der Waals surface area contributed by atoms with Gasteiger partial charge in [-0.15, -0.1) is 0 Å². The Bertz CT molecular complexity index is 447. The van der Waals surface area contributed by atoms with E-state index in [9.17, 15) is 4.39 Å². The van der Waals surface area contributed by atoms with E-state index in [1.54, 1.807) is 12.1 Å².